The fourth-order valence-corrected chi connectivity index (χ4v) is 1.68. The molecule has 1 aromatic rings. The molecule has 13 heavy (non-hydrogen) atoms. The molecular weight excluding hydrogens is 275 g/mol. The second-order valence-corrected chi connectivity index (χ2v) is 5.26. The van der Waals surface area contributed by atoms with E-state index in [4.69, 9.17) is 4.74 Å². The van der Waals surface area contributed by atoms with Crippen molar-refractivity contribution in [3.63, 3.8) is 0 Å². The van der Waals surface area contributed by atoms with Gasteiger partial charge in [0.15, 0.2) is 0 Å². The van der Waals surface area contributed by atoms with Crippen LogP contribution in [0.4, 0.5) is 0 Å². The van der Waals surface area contributed by atoms with Crippen LogP contribution >= 0.6 is 22.6 Å². The molecule has 0 spiro atoms. The third kappa shape index (κ3) is 2.59. The van der Waals surface area contributed by atoms with Gasteiger partial charge in [-0.05, 0) is 45.7 Å². The van der Waals surface area contributed by atoms with E-state index in [0.717, 1.165) is 9.32 Å². The van der Waals surface area contributed by atoms with Crippen molar-refractivity contribution in [3.05, 3.63) is 27.3 Å². The van der Waals surface area contributed by atoms with Crippen molar-refractivity contribution < 1.29 is 4.74 Å². The van der Waals surface area contributed by atoms with Crippen molar-refractivity contribution in [2.75, 3.05) is 7.11 Å². The Balaban J connectivity index is 3.14. The Morgan fingerprint density at radius 2 is 1.85 bits per heavy atom. The van der Waals surface area contributed by atoms with Crippen LogP contribution < -0.4 is 4.74 Å². The van der Waals surface area contributed by atoms with Gasteiger partial charge in [0.25, 0.3) is 0 Å². The van der Waals surface area contributed by atoms with Crippen LogP contribution in [0.1, 0.15) is 26.3 Å². The molecule has 0 saturated heterocycles. The van der Waals surface area contributed by atoms with Gasteiger partial charge in [-0.2, -0.15) is 0 Å². The third-order valence-electron chi connectivity index (χ3n) is 2.02. The van der Waals surface area contributed by atoms with Gasteiger partial charge >= 0.3 is 0 Å². The van der Waals surface area contributed by atoms with Gasteiger partial charge in [-0.3, -0.25) is 0 Å². The lowest BCUT2D eigenvalue weighted by Gasteiger charge is -2.19. The van der Waals surface area contributed by atoms with E-state index < -0.39 is 0 Å². The highest BCUT2D eigenvalue weighted by Crippen LogP contribution is 2.28. The summed E-state index contributed by atoms with van der Waals surface area (Å²) in [5.41, 5.74) is 1.50. The van der Waals surface area contributed by atoms with Crippen molar-refractivity contribution in [2.45, 2.75) is 26.2 Å². The number of hydrogen-bond donors (Lipinski definition) is 0. The predicted octanol–water partition coefficient (Wildman–Crippen LogP) is 3.60. The average Bonchev–Trinajstić information content (AvgIpc) is 2.03. The van der Waals surface area contributed by atoms with Crippen LogP contribution in [0.3, 0.4) is 0 Å². The number of benzene rings is 1. The maximum Gasteiger partial charge on any atom is 0.132 e. The minimum absolute atomic E-state index is 0.192. The molecule has 0 bridgehead atoms. The summed E-state index contributed by atoms with van der Waals surface area (Å²) in [6.45, 7) is 6.61. The minimum atomic E-state index is 0.192. The van der Waals surface area contributed by atoms with Crippen LogP contribution in [0.5, 0.6) is 5.75 Å². The van der Waals surface area contributed by atoms with Gasteiger partial charge in [0, 0.05) is 0 Å². The van der Waals surface area contributed by atoms with Crippen LogP contribution in [0.25, 0.3) is 0 Å². The van der Waals surface area contributed by atoms with Gasteiger partial charge in [-0.1, -0.05) is 26.8 Å². The monoisotopic (exact) mass is 290 g/mol. The van der Waals surface area contributed by atoms with Gasteiger partial charge in [0.05, 0.1) is 10.7 Å². The lowest BCUT2D eigenvalue weighted by atomic mass is 9.87. The molecular formula is C11H15IO. The van der Waals surface area contributed by atoms with Gasteiger partial charge < -0.3 is 4.74 Å². The topological polar surface area (TPSA) is 9.23 Å². The summed E-state index contributed by atoms with van der Waals surface area (Å²) in [4.78, 5) is 0. The Morgan fingerprint density at radius 3 is 2.31 bits per heavy atom. The molecule has 0 heterocycles. The second-order valence-electron chi connectivity index (χ2n) is 4.10. The van der Waals surface area contributed by atoms with E-state index in [1.807, 2.05) is 0 Å². The zero-order valence-electron chi connectivity index (χ0n) is 8.52. The highest BCUT2D eigenvalue weighted by molar-refractivity contribution is 14.1. The Labute approximate surface area is 93.6 Å². The van der Waals surface area contributed by atoms with Crippen LogP contribution in [0.2, 0.25) is 0 Å². The van der Waals surface area contributed by atoms with Crippen molar-refractivity contribution in [2.24, 2.45) is 0 Å². The number of hydrogen-bond acceptors (Lipinski definition) is 1. The van der Waals surface area contributed by atoms with Crippen LogP contribution in [-0.2, 0) is 5.41 Å². The molecule has 0 saturated carbocycles. The molecule has 1 nitrogen and oxygen atoms in total. The average molecular weight is 290 g/mol. The molecule has 0 aromatic heterocycles. The summed E-state index contributed by atoms with van der Waals surface area (Å²) in [6.07, 6.45) is 0. The third-order valence-corrected chi connectivity index (χ3v) is 2.91. The van der Waals surface area contributed by atoms with Gasteiger partial charge in [-0.25, -0.2) is 0 Å². The second kappa shape index (κ2) is 3.86. The van der Waals surface area contributed by atoms with Gasteiger partial charge in [0.2, 0.25) is 0 Å². The first kappa shape index (κ1) is 10.8. The van der Waals surface area contributed by atoms with Crippen molar-refractivity contribution in [1.82, 2.24) is 0 Å². The molecule has 0 N–H and O–H groups in total. The van der Waals surface area contributed by atoms with E-state index >= 15 is 0 Å². The Bertz CT molecular complexity index is 299. The normalized spacial score (nSPS) is 11.5. The van der Waals surface area contributed by atoms with Crippen LogP contribution in [0, 0.1) is 3.57 Å². The summed E-state index contributed by atoms with van der Waals surface area (Å²) in [6, 6.07) is 6.37. The maximum atomic E-state index is 5.27. The quantitative estimate of drug-likeness (QED) is 0.718. The van der Waals surface area contributed by atoms with E-state index in [-0.39, 0.29) is 5.41 Å². The summed E-state index contributed by atoms with van der Waals surface area (Å²) >= 11 is 2.28. The zero-order chi connectivity index (χ0) is 10.1. The van der Waals surface area contributed by atoms with Gasteiger partial charge in [-0.15, -0.1) is 0 Å². The smallest absolute Gasteiger partial charge is 0.132 e. The molecule has 0 unspecified atom stereocenters. The Kier molecular flexibility index (Phi) is 3.22. The zero-order valence-corrected chi connectivity index (χ0v) is 10.7. The molecule has 0 atom stereocenters. The van der Waals surface area contributed by atoms with E-state index in [1.165, 1.54) is 5.56 Å². The molecule has 72 valence electrons. The number of methoxy groups -OCH3 is 1. The summed E-state index contributed by atoms with van der Waals surface area (Å²) in [7, 11) is 1.71. The molecule has 0 radical (unpaired) electrons. The van der Waals surface area contributed by atoms with Crippen LogP contribution in [0.15, 0.2) is 18.2 Å². The molecule has 0 aliphatic rings. The standard InChI is InChI=1S/C11H15IO/c1-11(2,3)8-5-6-9(12)10(7-8)13-4/h5-7H,1-4H3. The van der Waals surface area contributed by atoms with Crippen LogP contribution in [-0.4, -0.2) is 7.11 Å². The largest absolute Gasteiger partial charge is 0.496 e. The first-order valence-corrected chi connectivity index (χ1v) is 5.37. The molecule has 0 fully saturated rings. The molecule has 0 aliphatic heterocycles. The number of rotatable bonds is 1. The molecule has 0 aliphatic carbocycles. The summed E-state index contributed by atoms with van der Waals surface area (Å²) in [5, 5.41) is 0. The summed E-state index contributed by atoms with van der Waals surface area (Å²) in [5.74, 6) is 0.966. The van der Waals surface area contributed by atoms with Crippen molar-refractivity contribution in [3.8, 4) is 5.75 Å². The van der Waals surface area contributed by atoms with E-state index in [0.29, 0.717) is 0 Å². The lowest BCUT2D eigenvalue weighted by molar-refractivity contribution is 0.409. The predicted molar refractivity (Wildman–Crippen MR) is 64.4 cm³/mol. The first-order chi connectivity index (χ1) is 5.95. The number of ether oxygens (including phenoxy) is 1. The SMILES string of the molecule is COc1cc(C(C)(C)C)ccc1I. The molecule has 1 rings (SSSR count). The highest BCUT2D eigenvalue weighted by atomic mass is 127. The maximum absolute atomic E-state index is 5.27. The minimum Gasteiger partial charge on any atom is -0.496 e. The van der Waals surface area contributed by atoms with E-state index in [9.17, 15) is 0 Å². The Morgan fingerprint density at radius 1 is 1.23 bits per heavy atom. The van der Waals surface area contributed by atoms with E-state index in [2.05, 4.69) is 61.6 Å². The van der Waals surface area contributed by atoms with Crippen molar-refractivity contribution >= 4 is 22.6 Å². The first-order valence-electron chi connectivity index (χ1n) is 4.29. The fraction of sp³-hybridized carbons (Fsp3) is 0.455. The fourth-order valence-electron chi connectivity index (χ4n) is 1.13. The van der Waals surface area contributed by atoms with Crippen molar-refractivity contribution in [1.29, 1.82) is 0 Å². The van der Waals surface area contributed by atoms with E-state index in [1.54, 1.807) is 7.11 Å². The molecule has 2 heteroatoms. The summed E-state index contributed by atoms with van der Waals surface area (Å²) < 4.78 is 6.43. The molecule has 0 amide bonds. The Hall–Kier alpha value is -0.250. The highest BCUT2D eigenvalue weighted by Gasteiger charge is 2.14. The lowest BCUT2D eigenvalue weighted by Crippen LogP contribution is -2.11. The van der Waals surface area contributed by atoms with Gasteiger partial charge in [0.1, 0.15) is 5.75 Å². The number of halogens is 1. The molecule has 1 aromatic carbocycles.